The van der Waals surface area contributed by atoms with Crippen LogP contribution in [-0.4, -0.2) is 35.7 Å². The summed E-state index contributed by atoms with van der Waals surface area (Å²) in [5.74, 6) is -1.03. The molecule has 0 aliphatic rings. The van der Waals surface area contributed by atoms with E-state index in [4.69, 9.17) is 25.7 Å². The van der Waals surface area contributed by atoms with Crippen molar-refractivity contribution in [1.29, 1.82) is 0 Å². The van der Waals surface area contributed by atoms with Crippen LogP contribution >= 0.6 is 18.2 Å². The fourth-order valence-electron chi connectivity index (χ4n) is 2.22. The van der Waals surface area contributed by atoms with Crippen molar-refractivity contribution in [1.82, 2.24) is 0 Å². The Hall–Kier alpha value is -1.11. The van der Waals surface area contributed by atoms with Crippen molar-refractivity contribution in [2.24, 2.45) is 0 Å². The van der Waals surface area contributed by atoms with Crippen molar-refractivity contribution in [3.63, 3.8) is 0 Å². The largest absolute Gasteiger partial charge is 0.476 e. The maximum absolute atomic E-state index is 12.4. The maximum atomic E-state index is 12.4. The highest BCUT2D eigenvalue weighted by Gasteiger charge is 2.39. The van der Waals surface area contributed by atoms with Gasteiger partial charge in [-0.05, 0) is 39.8 Å². The molecule has 24 heavy (non-hydrogen) atoms. The van der Waals surface area contributed by atoms with Gasteiger partial charge in [-0.1, -0.05) is 18.2 Å². The van der Waals surface area contributed by atoms with Crippen LogP contribution in [0.1, 0.15) is 27.7 Å². The van der Waals surface area contributed by atoms with Gasteiger partial charge in [-0.2, -0.15) is 0 Å². The van der Waals surface area contributed by atoms with Crippen LogP contribution in [0.15, 0.2) is 30.3 Å². The Morgan fingerprint density at radius 2 is 1.83 bits per heavy atom. The van der Waals surface area contributed by atoms with Gasteiger partial charge in [-0.15, -0.1) is 0 Å². The topological polar surface area (TPSA) is 85.3 Å². The third-order valence-electron chi connectivity index (χ3n) is 2.89. The van der Waals surface area contributed by atoms with Crippen LogP contribution in [0.25, 0.3) is 0 Å². The van der Waals surface area contributed by atoms with Gasteiger partial charge in [-0.3, -0.25) is 4.84 Å². The van der Waals surface area contributed by atoms with Crippen molar-refractivity contribution in [2.75, 3.05) is 12.2 Å². The lowest BCUT2D eigenvalue weighted by molar-refractivity contribution is -0.147. The summed E-state index contributed by atoms with van der Waals surface area (Å²) in [6.45, 7) is 2.59. The van der Waals surface area contributed by atoms with Crippen LogP contribution in [0.5, 0.6) is 0 Å². The molecule has 0 saturated heterocycles. The Balaban J connectivity index is 3.20. The molecule has 136 valence electrons. The predicted molar refractivity (Wildman–Crippen MR) is 91.8 cm³/mol. The van der Waals surface area contributed by atoms with Gasteiger partial charge in [-0.25, -0.2) is 14.4 Å². The Kier molecular flexibility index (Phi) is 7.25. The lowest BCUT2D eigenvalue weighted by Crippen LogP contribution is -2.51. The molecule has 1 N–H and O–H groups in total. The predicted octanol–water partition coefficient (Wildman–Crippen LogP) is 3.51. The van der Waals surface area contributed by atoms with E-state index >= 15 is 0 Å². The van der Waals surface area contributed by atoms with Gasteiger partial charge >= 0.3 is 12.9 Å². The second-order valence-electron chi connectivity index (χ2n) is 6.09. The lowest BCUT2D eigenvalue weighted by atomic mass is 10.1. The van der Waals surface area contributed by atoms with E-state index in [1.165, 1.54) is 12.2 Å². The summed E-state index contributed by atoms with van der Waals surface area (Å²) < 4.78 is 21.5. The summed E-state index contributed by atoms with van der Waals surface area (Å²) in [6, 6.07) is 7.62. The van der Waals surface area contributed by atoms with E-state index in [9.17, 15) is 9.36 Å². The molecule has 0 aromatic heterocycles. The highest BCUT2D eigenvalue weighted by atomic mass is 35.7. The Morgan fingerprint density at radius 3 is 2.25 bits per heavy atom. The van der Waals surface area contributed by atoms with E-state index in [0.29, 0.717) is 5.69 Å². The molecule has 7 nitrogen and oxygen atoms in total. The number of ether oxygens (including phenoxy) is 1. The van der Waals surface area contributed by atoms with E-state index in [1.807, 2.05) is 20.8 Å². The van der Waals surface area contributed by atoms with Gasteiger partial charge in [0.2, 0.25) is 0 Å². The van der Waals surface area contributed by atoms with E-state index in [-0.39, 0.29) is 0 Å². The molecule has 0 heterocycles. The molecule has 1 aromatic rings. The summed E-state index contributed by atoms with van der Waals surface area (Å²) in [4.78, 5) is 26.9. The zero-order valence-electron chi connectivity index (χ0n) is 14.3. The SMILES string of the molecule is CON(c1ccccc1)C(C(=O)OP(=O)(O)Cl)C(C)OC(C)(C)C. The lowest BCUT2D eigenvalue weighted by Gasteiger charge is -2.36. The van der Waals surface area contributed by atoms with Crippen LogP contribution < -0.4 is 5.06 Å². The van der Waals surface area contributed by atoms with Crippen molar-refractivity contribution < 1.29 is 28.4 Å². The van der Waals surface area contributed by atoms with Gasteiger partial charge in [0.05, 0.1) is 24.5 Å². The van der Waals surface area contributed by atoms with E-state index in [2.05, 4.69) is 4.52 Å². The molecule has 9 heteroatoms. The molecule has 0 aliphatic heterocycles. The Morgan fingerprint density at radius 1 is 1.29 bits per heavy atom. The summed E-state index contributed by atoms with van der Waals surface area (Å²) >= 11 is 5.17. The number of carbonyl (C=O) groups excluding carboxylic acids is 1. The molecule has 0 aliphatic carbocycles. The number of para-hydroxylation sites is 1. The van der Waals surface area contributed by atoms with Gasteiger partial charge < -0.3 is 14.2 Å². The van der Waals surface area contributed by atoms with Crippen molar-refractivity contribution in [3.8, 4) is 0 Å². The molecule has 3 atom stereocenters. The van der Waals surface area contributed by atoms with Crippen molar-refractivity contribution in [3.05, 3.63) is 30.3 Å². The van der Waals surface area contributed by atoms with Gasteiger partial charge in [0, 0.05) is 11.2 Å². The number of carbonyl (C=O) groups is 1. The molecule has 0 saturated carbocycles. The van der Waals surface area contributed by atoms with Crippen LogP contribution in [0.3, 0.4) is 0 Å². The summed E-state index contributed by atoms with van der Waals surface area (Å²) in [6.07, 6.45) is -0.721. The first-order chi connectivity index (χ1) is 10.9. The number of hydroxylamine groups is 1. The Bertz CT molecular complexity index is 585. The minimum absolute atomic E-state index is 0.550. The molecule has 1 aromatic carbocycles. The monoisotopic (exact) mass is 379 g/mol. The number of nitrogens with zero attached hydrogens (tertiary/aromatic N) is 1. The van der Waals surface area contributed by atoms with Gasteiger partial charge in [0.15, 0.2) is 6.04 Å². The van der Waals surface area contributed by atoms with Gasteiger partial charge in [0.25, 0.3) is 0 Å². The van der Waals surface area contributed by atoms with Gasteiger partial charge in [0.1, 0.15) is 0 Å². The van der Waals surface area contributed by atoms with Crippen LogP contribution in [-0.2, 0) is 23.5 Å². The Labute approximate surface area is 146 Å². The molecule has 0 spiro atoms. The minimum atomic E-state index is -4.52. The first-order valence-corrected chi connectivity index (χ1v) is 9.75. The second kappa shape index (κ2) is 8.32. The fourth-order valence-corrected chi connectivity index (χ4v) is 2.75. The van der Waals surface area contributed by atoms with Crippen molar-refractivity contribution in [2.45, 2.75) is 45.4 Å². The molecular weight excluding hydrogens is 357 g/mol. The first kappa shape index (κ1) is 20.9. The number of hydrogen-bond acceptors (Lipinski definition) is 6. The number of benzene rings is 1. The third kappa shape index (κ3) is 6.79. The van der Waals surface area contributed by atoms with E-state index in [0.717, 1.165) is 0 Å². The second-order valence-corrected chi connectivity index (χ2v) is 8.45. The fraction of sp³-hybridized carbons (Fsp3) is 0.533. The molecule has 0 amide bonds. The smallest absolute Gasteiger partial charge is 0.379 e. The number of rotatable bonds is 7. The molecule has 0 radical (unpaired) electrons. The first-order valence-electron chi connectivity index (χ1n) is 7.26. The molecular formula is C15H23ClNO6P. The average molecular weight is 380 g/mol. The minimum Gasteiger partial charge on any atom is -0.379 e. The standard InChI is InChI=1S/C15H23ClNO6P/c1-11(22-15(2,3)4)13(14(18)23-24(16,19)20)17(21-5)12-9-7-6-8-10-12/h6-11,13H,1-5H3,(H,19,20). The van der Waals surface area contributed by atoms with E-state index < -0.39 is 30.7 Å². The van der Waals surface area contributed by atoms with E-state index in [1.54, 1.807) is 37.3 Å². The molecule has 1 rings (SSSR count). The highest BCUT2D eigenvalue weighted by molar-refractivity contribution is 7.80. The normalized spacial score (nSPS) is 16.8. The van der Waals surface area contributed by atoms with Crippen LogP contribution in [0.4, 0.5) is 5.69 Å². The average Bonchev–Trinajstić information content (AvgIpc) is 2.41. The number of anilines is 1. The summed E-state index contributed by atoms with van der Waals surface area (Å²) in [7, 11) is 1.37. The summed E-state index contributed by atoms with van der Waals surface area (Å²) in [5, 5.41) is 1.26. The zero-order valence-corrected chi connectivity index (χ0v) is 16.0. The van der Waals surface area contributed by atoms with Crippen molar-refractivity contribution >= 4 is 29.8 Å². The molecule has 0 fully saturated rings. The van der Waals surface area contributed by atoms with Crippen LogP contribution in [0.2, 0.25) is 0 Å². The quantitative estimate of drug-likeness (QED) is 0.573. The van der Waals surface area contributed by atoms with Crippen LogP contribution in [0, 0.1) is 0 Å². The number of halogens is 1. The number of hydrogen-bond donors (Lipinski definition) is 1. The maximum Gasteiger partial charge on any atom is 0.476 e. The summed E-state index contributed by atoms with van der Waals surface area (Å²) in [5.41, 5.74) is -0.00794. The molecule has 0 bridgehead atoms. The molecule has 3 unspecified atom stereocenters. The highest BCUT2D eigenvalue weighted by Crippen LogP contribution is 2.48. The third-order valence-corrected chi connectivity index (χ3v) is 3.50. The zero-order chi connectivity index (χ0) is 18.5.